The van der Waals surface area contributed by atoms with Crippen molar-refractivity contribution in [2.75, 3.05) is 0 Å². The summed E-state index contributed by atoms with van der Waals surface area (Å²) in [5.41, 5.74) is 11.3. The van der Waals surface area contributed by atoms with Gasteiger partial charge in [0, 0.05) is 33.0 Å². The average molecular weight is 828 g/mol. The quantitative estimate of drug-likeness (QED) is 0.157. The Morgan fingerprint density at radius 2 is 0.769 bits per heavy atom. The van der Waals surface area contributed by atoms with Crippen molar-refractivity contribution in [3.8, 4) is 67.5 Å². The van der Waals surface area contributed by atoms with E-state index in [0.717, 1.165) is 77.2 Å². The van der Waals surface area contributed by atoms with E-state index in [-0.39, 0.29) is 0 Å². The lowest BCUT2D eigenvalue weighted by atomic mass is 9.90. The third-order valence-electron chi connectivity index (χ3n) is 12.9. The maximum absolute atomic E-state index is 6.90. The largest absolute Gasteiger partial charge is 0.455 e. The number of hydrogen-bond donors (Lipinski definition) is 0. The van der Waals surface area contributed by atoms with Crippen LogP contribution in [0.1, 0.15) is 0 Å². The first kappa shape index (κ1) is 36.9. The van der Waals surface area contributed by atoms with E-state index in [1.807, 2.05) is 18.2 Å². The SMILES string of the molecule is c1ccc(-c2nc(-c3ccc(-c4cccc5ccccc45)cc3)nc(-c3ccc(-c4cccc5oc6c(-c7cc8ccccc8c8ccccc78)cccc6c45)c4ccccc34)n2)cc1. The van der Waals surface area contributed by atoms with E-state index in [1.165, 1.54) is 37.9 Å². The fourth-order valence-corrected chi connectivity index (χ4v) is 9.91. The highest BCUT2D eigenvalue weighted by molar-refractivity contribution is 6.21. The van der Waals surface area contributed by atoms with E-state index in [1.54, 1.807) is 0 Å². The number of furan rings is 1. The van der Waals surface area contributed by atoms with Crippen LogP contribution >= 0.6 is 0 Å². The van der Waals surface area contributed by atoms with Crippen molar-refractivity contribution in [3.05, 3.63) is 224 Å². The van der Waals surface area contributed by atoms with Crippen LogP contribution in [0.2, 0.25) is 0 Å². The molecule has 0 aliphatic heterocycles. The molecule has 4 nitrogen and oxygen atoms in total. The minimum absolute atomic E-state index is 0.619. The minimum atomic E-state index is 0.619. The third kappa shape index (κ3) is 6.11. The van der Waals surface area contributed by atoms with E-state index >= 15 is 0 Å². The second kappa shape index (κ2) is 15.0. The van der Waals surface area contributed by atoms with Crippen molar-refractivity contribution in [3.63, 3.8) is 0 Å². The van der Waals surface area contributed by atoms with Gasteiger partial charge < -0.3 is 4.42 Å². The highest BCUT2D eigenvalue weighted by Crippen LogP contribution is 2.45. The van der Waals surface area contributed by atoms with Gasteiger partial charge in [0.05, 0.1) is 0 Å². The van der Waals surface area contributed by atoms with E-state index in [4.69, 9.17) is 19.4 Å². The van der Waals surface area contributed by atoms with Crippen LogP contribution in [0.5, 0.6) is 0 Å². The van der Waals surface area contributed by atoms with Crippen molar-refractivity contribution in [1.82, 2.24) is 15.0 Å². The molecule has 0 spiro atoms. The molecule has 0 saturated heterocycles. The molecule has 0 aliphatic carbocycles. The zero-order chi connectivity index (χ0) is 42.8. The Kier molecular flexibility index (Phi) is 8.50. The predicted molar refractivity (Wildman–Crippen MR) is 270 cm³/mol. The number of benzene rings is 11. The van der Waals surface area contributed by atoms with E-state index in [9.17, 15) is 0 Å². The van der Waals surface area contributed by atoms with Crippen LogP contribution in [0, 0.1) is 0 Å². The normalized spacial score (nSPS) is 11.7. The molecule has 0 radical (unpaired) electrons. The van der Waals surface area contributed by atoms with Gasteiger partial charge in [-0.25, -0.2) is 15.0 Å². The van der Waals surface area contributed by atoms with Crippen molar-refractivity contribution in [2.45, 2.75) is 0 Å². The molecule has 13 rings (SSSR count). The van der Waals surface area contributed by atoms with Gasteiger partial charge in [-0.05, 0) is 89.1 Å². The predicted octanol–water partition coefficient (Wildman–Crippen LogP) is 16.4. The van der Waals surface area contributed by atoms with Crippen LogP contribution < -0.4 is 0 Å². The van der Waals surface area contributed by atoms with Crippen LogP contribution in [0.25, 0.3) is 133 Å². The molecular weight excluding hydrogens is 791 g/mol. The van der Waals surface area contributed by atoms with E-state index in [0.29, 0.717) is 17.5 Å². The summed E-state index contributed by atoms with van der Waals surface area (Å²) < 4.78 is 6.90. The molecule has 13 aromatic rings. The molecule has 65 heavy (non-hydrogen) atoms. The molecule has 0 saturated carbocycles. The number of rotatable bonds is 6. The first-order chi connectivity index (χ1) is 32.2. The molecule has 302 valence electrons. The van der Waals surface area contributed by atoms with E-state index < -0.39 is 0 Å². The van der Waals surface area contributed by atoms with Crippen LogP contribution in [0.3, 0.4) is 0 Å². The first-order valence-electron chi connectivity index (χ1n) is 22.0. The Morgan fingerprint density at radius 1 is 0.262 bits per heavy atom. The van der Waals surface area contributed by atoms with Gasteiger partial charge in [0.2, 0.25) is 0 Å². The highest BCUT2D eigenvalue weighted by atomic mass is 16.3. The van der Waals surface area contributed by atoms with Crippen LogP contribution in [-0.2, 0) is 0 Å². The van der Waals surface area contributed by atoms with Crippen molar-refractivity contribution in [2.24, 2.45) is 0 Å². The van der Waals surface area contributed by atoms with Gasteiger partial charge in [0.15, 0.2) is 17.5 Å². The maximum Gasteiger partial charge on any atom is 0.164 e. The molecule has 0 unspecified atom stereocenters. The summed E-state index contributed by atoms with van der Waals surface area (Å²) in [5, 5.41) is 11.7. The molecule has 0 fully saturated rings. The fourth-order valence-electron chi connectivity index (χ4n) is 9.91. The zero-order valence-electron chi connectivity index (χ0n) is 35.1. The Hall–Kier alpha value is -8.73. The summed E-state index contributed by atoms with van der Waals surface area (Å²) in [7, 11) is 0. The number of nitrogens with zero attached hydrogens (tertiary/aromatic N) is 3. The molecule has 0 aliphatic rings. The summed E-state index contributed by atoms with van der Waals surface area (Å²) in [6.45, 7) is 0. The van der Waals surface area contributed by atoms with Gasteiger partial charge in [-0.3, -0.25) is 0 Å². The topological polar surface area (TPSA) is 51.8 Å². The first-order valence-corrected chi connectivity index (χ1v) is 22.0. The van der Waals surface area contributed by atoms with Crippen LogP contribution in [0.15, 0.2) is 229 Å². The monoisotopic (exact) mass is 827 g/mol. The Bertz CT molecular complexity index is 4000. The summed E-state index contributed by atoms with van der Waals surface area (Å²) in [6, 6.07) is 79.3. The van der Waals surface area contributed by atoms with Crippen molar-refractivity contribution < 1.29 is 4.42 Å². The lowest BCUT2D eigenvalue weighted by Crippen LogP contribution is -2.00. The molecule has 0 amide bonds. The van der Waals surface area contributed by atoms with Gasteiger partial charge >= 0.3 is 0 Å². The fraction of sp³-hybridized carbons (Fsp3) is 0. The highest BCUT2D eigenvalue weighted by Gasteiger charge is 2.21. The van der Waals surface area contributed by atoms with E-state index in [2.05, 4.69) is 206 Å². The Labute approximate surface area is 374 Å². The minimum Gasteiger partial charge on any atom is -0.455 e. The second-order valence-corrected chi connectivity index (χ2v) is 16.6. The van der Waals surface area contributed by atoms with Crippen molar-refractivity contribution in [1.29, 1.82) is 0 Å². The molecule has 2 heterocycles. The number of para-hydroxylation sites is 1. The lowest BCUT2D eigenvalue weighted by Gasteiger charge is -2.14. The molecule has 2 aromatic heterocycles. The molecule has 4 heteroatoms. The number of hydrogen-bond acceptors (Lipinski definition) is 4. The smallest absolute Gasteiger partial charge is 0.164 e. The zero-order valence-corrected chi connectivity index (χ0v) is 35.1. The maximum atomic E-state index is 6.90. The molecule has 0 bridgehead atoms. The van der Waals surface area contributed by atoms with Gasteiger partial charge in [0.25, 0.3) is 0 Å². The Morgan fingerprint density at radius 3 is 1.55 bits per heavy atom. The summed E-state index contributed by atoms with van der Waals surface area (Å²) in [4.78, 5) is 15.5. The van der Waals surface area contributed by atoms with Gasteiger partial charge in [-0.1, -0.05) is 206 Å². The summed E-state index contributed by atoms with van der Waals surface area (Å²) >= 11 is 0. The average Bonchev–Trinajstić information content (AvgIpc) is 3.78. The lowest BCUT2D eigenvalue weighted by molar-refractivity contribution is 0.670. The standard InChI is InChI=1S/C61H37N3O/c1-2-16-40(17-3-1)59-62-60(41-33-31-39(32-34-41)44-26-12-19-38-15-4-6-20-43(38)44)64-61(63-59)53-36-35-50(47-23-9-10-24-48(47)53)51-27-14-30-56-57(51)54-29-13-28-52(58(54)65-56)55-37-42-18-5-7-21-45(42)46-22-8-11-25-49(46)55/h1-37H. The second-order valence-electron chi connectivity index (χ2n) is 16.6. The van der Waals surface area contributed by atoms with Gasteiger partial charge in [0.1, 0.15) is 11.2 Å². The molecule has 0 N–H and O–H groups in total. The molecule has 11 aromatic carbocycles. The van der Waals surface area contributed by atoms with Crippen molar-refractivity contribution >= 4 is 65.0 Å². The molecular formula is C61H37N3O. The number of fused-ring (bicyclic) bond motifs is 8. The molecule has 0 atom stereocenters. The van der Waals surface area contributed by atoms with Crippen LogP contribution in [-0.4, -0.2) is 15.0 Å². The summed E-state index contributed by atoms with van der Waals surface area (Å²) in [5.74, 6) is 1.87. The number of aromatic nitrogens is 3. The summed E-state index contributed by atoms with van der Waals surface area (Å²) in [6.07, 6.45) is 0. The third-order valence-corrected chi connectivity index (χ3v) is 12.9. The van der Waals surface area contributed by atoms with Gasteiger partial charge in [-0.2, -0.15) is 0 Å². The Balaban J connectivity index is 0.959. The van der Waals surface area contributed by atoms with Gasteiger partial charge in [-0.15, -0.1) is 0 Å². The van der Waals surface area contributed by atoms with Crippen LogP contribution in [0.4, 0.5) is 0 Å².